The number of hydrogen-bond donors (Lipinski definition) is 0. The zero-order chi connectivity index (χ0) is 27.5. The molecule has 0 spiro atoms. The lowest BCUT2D eigenvalue weighted by molar-refractivity contribution is 0.797. The van der Waals surface area contributed by atoms with Gasteiger partial charge in [-0.15, -0.1) is 11.3 Å². The summed E-state index contributed by atoms with van der Waals surface area (Å²) in [5.74, 6) is 2.36. The zero-order valence-electron chi connectivity index (χ0n) is 22.3. The van der Waals surface area contributed by atoms with Crippen molar-refractivity contribution in [2.24, 2.45) is 0 Å². The van der Waals surface area contributed by atoms with E-state index in [0.717, 1.165) is 43.6 Å². The van der Waals surface area contributed by atoms with E-state index in [0.29, 0.717) is 23.4 Å². The summed E-state index contributed by atoms with van der Waals surface area (Å²) in [6, 6.07) is 37.9. The van der Waals surface area contributed by atoms with Crippen molar-refractivity contribution >= 4 is 43.1 Å². The molecule has 196 valence electrons. The predicted molar refractivity (Wildman–Crippen MR) is 172 cm³/mol. The summed E-state index contributed by atoms with van der Waals surface area (Å²) in [6.07, 6.45) is 1.04. The Kier molecular flexibility index (Phi) is 5.73. The molecule has 0 amide bonds. The molecule has 0 saturated heterocycles. The second kappa shape index (κ2) is 9.62. The Labute approximate surface area is 247 Å². The molecule has 3 nitrogen and oxygen atoms in total. The van der Waals surface area contributed by atoms with Crippen molar-refractivity contribution < 1.29 is 0 Å². The molecular weight excluding hydrogens is 542 g/mol. The number of nitrogens with zero attached hydrogens (tertiary/aromatic N) is 3. The normalized spacial score (nSPS) is 14.0. The number of rotatable bonds is 4. The largest absolute Gasteiger partial charge is 0.208 e. The molecule has 0 saturated carbocycles. The number of fused-ring (bicyclic) bond motifs is 6. The van der Waals surface area contributed by atoms with Gasteiger partial charge in [0.15, 0.2) is 17.5 Å². The molecule has 1 atom stereocenters. The highest BCUT2D eigenvalue weighted by molar-refractivity contribution is 7.26. The molecule has 7 aromatic rings. The van der Waals surface area contributed by atoms with Crippen LogP contribution >= 0.6 is 22.9 Å². The van der Waals surface area contributed by atoms with Gasteiger partial charge in [-0.25, -0.2) is 15.0 Å². The average molecular weight is 566 g/mol. The second-order valence-corrected chi connectivity index (χ2v) is 11.8. The molecule has 41 heavy (non-hydrogen) atoms. The van der Waals surface area contributed by atoms with Crippen molar-refractivity contribution in [3.8, 4) is 45.3 Å². The monoisotopic (exact) mass is 565 g/mol. The van der Waals surface area contributed by atoms with Gasteiger partial charge in [-0.3, -0.25) is 0 Å². The summed E-state index contributed by atoms with van der Waals surface area (Å²) in [5, 5.41) is 2.94. The Morgan fingerprint density at radius 1 is 0.634 bits per heavy atom. The quantitative estimate of drug-likeness (QED) is 0.213. The maximum atomic E-state index is 6.78. The highest BCUT2D eigenvalue weighted by Crippen LogP contribution is 2.50. The Bertz CT molecular complexity index is 2120. The van der Waals surface area contributed by atoms with Crippen LogP contribution in [0.2, 0.25) is 5.02 Å². The lowest BCUT2D eigenvalue weighted by Crippen LogP contribution is -2.01. The Hall–Kier alpha value is -4.38. The van der Waals surface area contributed by atoms with Crippen molar-refractivity contribution in [2.75, 3.05) is 0 Å². The fraction of sp³-hybridized carbons (Fsp3) is 0.0833. The van der Waals surface area contributed by atoms with Crippen LogP contribution in [-0.4, -0.2) is 15.0 Å². The van der Waals surface area contributed by atoms with Crippen molar-refractivity contribution in [1.29, 1.82) is 0 Å². The molecule has 1 aliphatic rings. The first-order valence-electron chi connectivity index (χ1n) is 13.9. The van der Waals surface area contributed by atoms with Gasteiger partial charge >= 0.3 is 0 Å². The van der Waals surface area contributed by atoms with Crippen LogP contribution in [0.5, 0.6) is 0 Å². The van der Waals surface area contributed by atoms with Crippen LogP contribution in [0, 0.1) is 0 Å². The van der Waals surface area contributed by atoms with Crippen LogP contribution < -0.4 is 0 Å². The first-order chi connectivity index (χ1) is 20.2. The van der Waals surface area contributed by atoms with Gasteiger partial charge in [-0.1, -0.05) is 110 Å². The number of benzene rings is 5. The molecular formula is C36H24ClN3S. The third-order valence-corrected chi connectivity index (χ3v) is 9.63. The van der Waals surface area contributed by atoms with Gasteiger partial charge in [0, 0.05) is 47.8 Å². The van der Waals surface area contributed by atoms with Gasteiger partial charge in [-0.05, 0) is 46.9 Å². The molecule has 0 aliphatic heterocycles. The van der Waals surface area contributed by atoms with E-state index in [4.69, 9.17) is 26.6 Å². The highest BCUT2D eigenvalue weighted by atomic mass is 35.5. The predicted octanol–water partition coefficient (Wildman–Crippen LogP) is 10.4. The van der Waals surface area contributed by atoms with Crippen molar-refractivity contribution in [3.05, 3.63) is 125 Å². The van der Waals surface area contributed by atoms with E-state index in [1.807, 2.05) is 30.3 Å². The lowest BCUT2D eigenvalue weighted by atomic mass is 9.93. The summed E-state index contributed by atoms with van der Waals surface area (Å²) < 4.78 is 2.28. The van der Waals surface area contributed by atoms with Gasteiger partial charge in [-0.2, -0.15) is 0 Å². The van der Waals surface area contributed by atoms with Gasteiger partial charge in [0.1, 0.15) is 0 Å². The maximum Gasteiger partial charge on any atom is 0.165 e. The number of thiophene rings is 1. The molecule has 2 aromatic heterocycles. The summed E-state index contributed by atoms with van der Waals surface area (Å²) >= 11 is 8.51. The van der Waals surface area contributed by atoms with Crippen molar-refractivity contribution in [1.82, 2.24) is 15.0 Å². The number of hydrogen-bond acceptors (Lipinski definition) is 4. The molecule has 5 heteroatoms. The van der Waals surface area contributed by atoms with Crippen molar-refractivity contribution in [2.45, 2.75) is 19.3 Å². The fourth-order valence-electron chi connectivity index (χ4n) is 6.28. The SMILES string of the molecule is CCC1c2ccccc2-c2c(-c3nc(-c4ccccc4)nc(-c4ccc(Cl)c5c4sc4ccccc45)n3)cccc21. The van der Waals surface area contributed by atoms with Gasteiger partial charge in [0.25, 0.3) is 0 Å². The summed E-state index contributed by atoms with van der Waals surface area (Å²) in [7, 11) is 0. The molecule has 8 rings (SSSR count). The van der Waals surface area contributed by atoms with Gasteiger partial charge < -0.3 is 0 Å². The smallest absolute Gasteiger partial charge is 0.165 e. The molecule has 0 N–H and O–H groups in total. The number of aromatic nitrogens is 3. The molecule has 0 bridgehead atoms. The fourth-order valence-corrected chi connectivity index (χ4v) is 7.83. The van der Waals surface area contributed by atoms with Gasteiger partial charge in [0.05, 0.1) is 0 Å². The van der Waals surface area contributed by atoms with E-state index in [-0.39, 0.29) is 0 Å². The van der Waals surface area contributed by atoms with E-state index < -0.39 is 0 Å². The van der Waals surface area contributed by atoms with Crippen LogP contribution in [0.4, 0.5) is 0 Å². The maximum absolute atomic E-state index is 6.78. The van der Waals surface area contributed by atoms with E-state index in [9.17, 15) is 0 Å². The zero-order valence-corrected chi connectivity index (χ0v) is 23.9. The van der Waals surface area contributed by atoms with Crippen LogP contribution in [0.3, 0.4) is 0 Å². The highest BCUT2D eigenvalue weighted by Gasteiger charge is 2.30. The summed E-state index contributed by atoms with van der Waals surface area (Å²) in [5.41, 5.74) is 8.17. The molecule has 0 radical (unpaired) electrons. The lowest BCUT2D eigenvalue weighted by Gasteiger charge is -2.13. The molecule has 0 fully saturated rings. The first-order valence-corrected chi connectivity index (χ1v) is 15.0. The summed E-state index contributed by atoms with van der Waals surface area (Å²) in [6.45, 7) is 2.26. The van der Waals surface area contributed by atoms with Crippen LogP contribution in [0.15, 0.2) is 109 Å². The minimum Gasteiger partial charge on any atom is -0.208 e. The average Bonchev–Trinajstić information content (AvgIpc) is 3.58. The molecule has 5 aromatic carbocycles. The van der Waals surface area contributed by atoms with E-state index in [1.54, 1.807) is 11.3 Å². The minimum absolute atomic E-state index is 0.366. The Morgan fingerprint density at radius 3 is 2.17 bits per heavy atom. The molecule has 2 heterocycles. The molecule has 1 unspecified atom stereocenters. The third kappa shape index (κ3) is 3.82. The third-order valence-electron chi connectivity index (χ3n) is 8.11. The Morgan fingerprint density at radius 2 is 1.32 bits per heavy atom. The summed E-state index contributed by atoms with van der Waals surface area (Å²) in [4.78, 5) is 15.3. The Balaban J connectivity index is 1.42. The van der Waals surface area contributed by atoms with Crippen LogP contribution in [0.1, 0.15) is 30.4 Å². The topological polar surface area (TPSA) is 38.7 Å². The van der Waals surface area contributed by atoms with Crippen LogP contribution in [0.25, 0.3) is 65.5 Å². The van der Waals surface area contributed by atoms with Gasteiger partial charge in [0.2, 0.25) is 0 Å². The first kappa shape index (κ1) is 24.4. The van der Waals surface area contributed by atoms with Crippen LogP contribution in [-0.2, 0) is 0 Å². The molecule has 1 aliphatic carbocycles. The minimum atomic E-state index is 0.366. The second-order valence-electron chi connectivity index (χ2n) is 10.4. The van der Waals surface area contributed by atoms with E-state index >= 15 is 0 Å². The van der Waals surface area contributed by atoms with E-state index in [2.05, 4.69) is 85.8 Å². The number of halogens is 1. The van der Waals surface area contributed by atoms with Crippen molar-refractivity contribution in [3.63, 3.8) is 0 Å². The van der Waals surface area contributed by atoms with E-state index in [1.165, 1.54) is 27.0 Å². The standard InChI is InChI=1S/C36H24ClN3S/c1-2-22-23-13-6-7-14-25(23)31-24(22)16-10-17-27(31)35-38-34(21-11-4-3-5-12-21)39-36(40-35)28-19-20-29(37)32-26-15-8-9-18-30(26)41-33(28)32/h3-20,22H,2H2,1H3.